The quantitative estimate of drug-likeness (QED) is 0.882. The summed E-state index contributed by atoms with van der Waals surface area (Å²) < 4.78 is 11.6. The number of amides is 1. The maximum absolute atomic E-state index is 11.9. The van der Waals surface area contributed by atoms with Crippen LogP contribution in [0.4, 0.5) is 0 Å². The molecular formula is C14H17BrN2O3. The molecule has 1 amide bonds. The molecule has 2 N–H and O–H groups in total. The molecule has 0 spiro atoms. The first-order valence-corrected chi connectivity index (χ1v) is 7.62. The Morgan fingerprint density at radius 3 is 3.15 bits per heavy atom. The monoisotopic (exact) mass is 340 g/mol. The van der Waals surface area contributed by atoms with Gasteiger partial charge in [0.1, 0.15) is 0 Å². The van der Waals surface area contributed by atoms with Gasteiger partial charge in [0.15, 0.2) is 11.5 Å². The lowest BCUT2D eigenvalue weighted by Crippen LogP contribution is -2.42. The molecule has 0 unspecified atom stereocenters. The van der Waals surface area contributed by atoms with Crippen molar-refractivity contribution >= 4 is 21.8 Å². The van der Waals surface area contributed by atoms with Gasteiger partial charge in [-0.1, -0.05) is 0 Å². The topological polar surface area (TPSA) is 59.6 Å². The Labute approximate surface area is 126 Å². The van der Waals surface area contributed by atoms with E-state index in [0.717, 1.165) is 47.3 Å². The standard InChI is InChI=1S/C14H17BrN2O3/c15-10-5-9(6-12-13(10)20-8-19-12)7-17-11-3-1-2-4-16-14(11)18/h5-6,11,17H,1-4,7-8H2,(H,16,18)/t11-/m1/s1. The third kappa shape index (κ3) is 2.91. The smallest absolute Gasteiger partial charge is 0.237 e. The average Bonchev–Trinajstić information content (AvgIpc) is 2.81. The van der Waals surface area contributed by atoms with Crippen LogP contribution in [-0.2, 0) is 11.3 Å². The average molecular weight is 341 g/mol. The molecule has 0 radical (unpaired) electrons. The number of hydrogen-bond acceptors (Lipinski definition) is 4. The number of rotatable bonds is 3. The van der Waals surface area contributed by atoms with Gasteiger partial charge < -0.3 is 20.1 Å². The Morgan fingerprint density at radius 1 is 1.35 bits per heavy atom. The van der Waals surface area contributed by atoms with Gasteiger partial charge in [0.25, 0.3) is 0 Å². The van der Waals surface area contributed by atoms with E-state index in [9.17, 15) is 4.79 Å². The van der Waals surface area contributed by atoms with Gasteiger partial charge >= 0.3 is 0 Å². The number of carbonyl (C=O) groups is 1. The van der Waals surface area contributed by atoms with E-state index in [1.165, 1.54) is 0 Å². The molecule has 0 aliphatic carbocycles. The Morgan fingerprint density at radius 2 is 2.25 bits per heavy atom. The van der Waals surface area contributed by atoms with E-state index in [2.05, 4.69) is 26.6 Å². The van der Waals surface area contributed by atoms with Crippen LogP contribution in [0.2, 0.25) is 0 Å². The van der Waals surface area contributed by atoms with Crippen molar-refractivity contribution in [2.75, 3.05) is 13.3 Å². The lowest BCUT2D eigenvalue weighted by Gasteiger charge is -2.15. The van der Waals surface area contributed by atoms with Crippen LogP contribution in [0.25, 0.3) is 0 Å². The van der Waals surface area contributed by atoms with Crippen LogP contribution in [0, 0.1) is 0 Å². The molecular weight excluding hydrogens is 324 g/mol. The highest BCUT2D eigenvalue weighted by Gasteiger charge is 2.21. The molecule has 3 rings (SSSR count). The minimum Gasteiger partial charge on any atom is -0.454 e. The second-order valence-electron chi connectivity index (χ2n) is 5.03. The zero-order chi connectivity index (χ0) is 13.9. The van der Waals surface area contributed by atoms with Crippen molar-refractivity contribution < 1.29 is 14.3 Å². The van der Waals surface area contributed by atoms with Crippen molar-refractivity contribution in [2.45, 2.75) is 31.8 Å². The second-order valence-corrected chi connectivity index (χ2v) is 5.89. The van der Waals surface area contributed by atoms with Gasteiger partial charge in [0.2, 0.25) is 12.7 Å². The highest BCUT2D eigenvalue weighted by molar-refractivity contribution is 9.10. The predicted molar refractivity (Wildman–Crippen MR) is 77.8 cm³/mol. The van der Waals surface area contributed by atoms with Crippen molar-refractivity contribution in [2.24, 2.45) is 0 Å². The lowest BCUT2D eigenvalue weighted by atomic mass is 10.1. The molecule has 2 heterocycles. The van der Waals surface area contributed by atoms with Crippen LogP contribution in [0.1, 0.15) is 24.8 Å². The molecule has 0 saturated carbocycles. The Hall–Kier alpha value is -1.27. The molecule has 108 valence electrons. The van der Waals surface area contributed by atoms with E-state index < -0.39 is 0 Å². The second kappa shape index (κ2) is 6.01. The number of carbonyl (C=O) groups excluding carboxylic acids is 1. The maximum Gasteiger partial charge on any atom is 0.237 e. The van der Waals surface area contributed by atoms with Crippen LogP contribution < -0.4 is 20.1 Å². The molecule has 1 fully saturated rings. The summed E-state index contributed by atoms with van der Waals surface area (Å²) in [6, 6.07) is 3.84. The predicted octanol–water partition coefficient (Wildman–Crippen LogP) is 1.94. The number of fused-ring (bicyclic) bond motifs is 1. The van der Waals surface area contributed by atoms with Gasteiger partial charge in [-0.2, -0.15) is 0 Å². The summed E-state index contributed by atoms with van der Waals surface area (Å²) in [5.74, 6) is 1.60. The maximum atomic E-state index is 11.9. The summed E-state index contributed by atoms with van der Waals surface area (Å²) in [5.41, 5.74) is 1.07. The normalized spacial score (nSPS) is 21.4. The van der Waals surface area contributed by atoms with Crippen molar-refractivity contribution in [1.82, 2.24) is 10.6 Å². The third-order valence-corrected chi connectivity index (χ3v) is 4.16. The van der Waals surface area contributed by atoms with Crippen molar-refractivity contribution in [3.8, 4) is 11.5 Å². The molecule has 1 atom stereocenters. The molecule has 1 saturated heterocycles. The van der Waals surface area contributed by atoms with Crippen molar-refractivity contribution in [1.29, 1.82) is 0 Å². The zero-order valence-corrected chi connectivity index (χ0v) is 12.7. The first kappa shape index (κ1) is 13.7. The summed E-state index contributed by atoms with van der Waals surface area (Å²) in [6.07, 6.45) is 3.01. The van der Waals surface area contributed by atoms with Crippen LogP contribution >= 0.6 is 15.9 Å². The Kier molecular flexibility index (Phi) is 4.12. The minimum atomic E-state index is -0.110. The summed E-state index contributed by atoms with van der Waals surface area (Å²) in [7, 11) is 0. The molecule has 2 aliphatic rings. The molecule has 0 bridgehead atoms. The Balaban J connectivity index is 1.66. The molecule has 1 aromatic carbocycles. The van der Waals surface area contributed by atoms with Gasteiger partial charge in [-0.05, 0) is 52.9 Å². The SMILES string of the molecule is O=C1NCCCC[C@H]1NCc1cc(Br)c2c(c1)OCO2. The number of ether oxygens (including phenoxy) is 2. The fourth-order valence-electron chi connectivity index (χ4n) is 2.50. The molecule has 5 nitrogen and oxygen atoms in total. The van der Waals surface area contributed by atoms with Gasteiger partial charge in [-0.15, -0.1) is 0 Å². The summed E-state index contributed by atoms with van der Waals surface area (Å²) in [6.45, 7) is 1.68. The number of halogens is 1. The van der Waals surface area contributed by atoms with E-state index in [0.29, 0.717) is 6.54 Å². The van der Waals surface area contributed by atoms with Crippen molar-refractivity contribution in [3.63, 3.8) is 0 Å². The third-order valence-electron chi connectivity index (χ3n) is 3.57. The van der Waals surface area contributed by atoms with E-state index in [1.54, 1.807) is 0 Å². The molecule has 20 heavy (non-hydrogen) atoms. The minimum absolute atomic E-state index is 0.0994. The first-order valence-electron chi connectivity index (χ1n) is 6.83. The zero-order valence-electron chi connectivity index (χ0n) is 11.1. The number of nitrogens with one attached hydrogen (secondary N) is 2. The van der Waals surface area contributed by atoms with Crippen molar-refractivity contribution in [3.05, 3.63) is 22.2 Å². The van der Waals surface area contributed by atoms with Crippen LogP contribution in [0.3, 0.4) is 0 Å². The van der Waals surface area contributed by atoms with E-state index in [1.807, 2.05) is 12.1 Å². The largest absolute Gasteiger partial charge is 0.454 e. The number of benzene rings is 1. The summed E-state index contributed by atoms with van der Waals surface area (Å²) in [4.78, 5) is 11.9. The summed E-state index contributed by atoms with van der Waals surface area (Å²) >= 11 is 3.48. The lowest BCUT2D eigenvalue weighted by molar-refractivity contribution is -0.122. The molecule has 2 aliphatic heterocycles. The summed E-state index contributed by atoms with van der Waals surface area (Å²) in [5, 5.41) is 6.25. The fourth-order valence-corrected chi connectivity index (χ4v) is 3.10. The fraction of sp³-hybridized carbons (Fsp3) is 0.500. The Bertz CT molecular complexity index is 521. The highest BCUT2D eigenvalue weighted by atomic mass is 79.9. The van der Waals surface area contributed by atoms with E-state index in [-0.39, 0.29) is 18.7 Å². The molecule has 1 aromatic rings. The van der Waals surface area contributed by atoms with Gasteiger partial charge in [-0.25, -0.2) is 0 Å². The van der Waals surface area contributed by atoms with E-state index in [4.69, 9.17) is 9.47 Å². The van der Waals surface area contributed by atoms with Crippen LogP contribution in [-0.4, -0.2) is 25.3 Å². The van der Waals surface area contributed by atoms with Crippen LogP contribution in [0.15, 0.2) is 16.6 Å². The van der Waals surface area contributed by atoms with Gasteiger partial charge in [0.05, 0.1) is 10.5 Å². The van der Waals surface area contributed by atoms with E-state index >= 15 is 0 Å². The molecule has 0 aromatic heterocycles. The first-order chi connectivity index (χ1) is 9.74. The van der Waals surface area contributed by atoms with Gasteiger partial charge in [-0.3, -0.25) is 4.79 Å². The molecule has 6 heteroatoms. The number of hydrogen-bond donors (Lipinski definition) is 2. The highest BCUT2D eigenvalue weighted by Crippen LogP contribution is 2.39. The van der Waals surface area contributed by atoms with Crippen LogP contribution in [0.5, 0.6) is 11.5 Å². The van der Waals surface area contributed by atoms with Gasteiger partial charge in [0, 0.05) is 13.1 Å².